The maximum Gasteiger partial charge on any atom is 0.245 e. The second-order valence-corrected chi connectivity index (χ2v) is 10.7. The second kappa shape index (κ2) is 10.6. The van der Waals surface area contributed by atoms with Crippen molar-refractivity contribution in [3.05, 3.63) is 35.5 Å². The van der Waals surface area contributed by atoms with Crippen LogP contribution in [-0.2, 0) is 22.6 Å². The number of hydrogen-bond acceptors (Lipinski definition) is 4. The van der Waals surface area contributed by atoms with Gasteiger partial charge in [-0.25, -0.2) is 0 Å². The normalized spacial score (nSPS) is 24.5. The third-order valence-corrected chi connectivity index (χ3v) is 8.48. The molecule has 2 aromatic rings. The lowest BCUT2D eigenvalue weighted by Crippen LogP contribution is -2.52. The number of likely N-dealkylation sites (tertiary alicyclic amines) is 2. The first kappa shape index (κ1) is 24.8. The molecule has 4 N–H and O–H groups in total. The Balaban J connectivity index is 1.27. The molecule has 3 aliphatic rings. The Kier molecular flexibility index (Phi) is 7.32. The van der Waals surface area contributed by atoms with Gasteiger partial charge in [0.05, 0.1) is 5.92 Å². The zero-order valence-electron chi connectivity index (χ0n) is 21.5. The molecular weight excluding hydrogens is 452 g/mol. The Morgan fingerprint density at radius 1 is 1.06 bits per heavy atom. The van der Waals surface area contributed by atoms with E-state index in [4.69, 9.17) is 11.1 Å². The fourth-order valence-electron chi connectivity index (χ4n) is 6.58. The van der Waals surface area contributed by atoms with Crippen molar-refractivity contribution in [3.63, 3.8) is 0 Å². The molecule has 0 saturated carbocycles. The number of piperidine rings is 1. The van der Waals surface area contributed by atoms with Gasteiger partial charge in [-0.3, -0.25) is 15.0 Å². The molecule has 194 valence electrons. The number of fused-ring (bicyclic) bond motifs is 1. The molecule has 3 aliphatic heterocycles. The fourth-order valence-corrected chi connectivity index (χ4v) is 6.58. The predicted molar refractivity (Wildman–Crippen MR) is 142 cm³/mol. The summed E-state index contributed by atoms with van der Waals surface area (Å²) in [6, 6.07) is 8.13. The zero-order valence-corrected chi connectivity index (χ0v) is 21.5. The molecule has 4 heterocycles. The van der Waals surface area contributed by atoms with Gasteiger partial charge in [-0.05, 0) is 82.4 Å². The van der Waals surface area contributed by atoms with Crippen LogP contribution in [-0.4, -0.2) is 70.3 Å². The topological polar surface area (TPSA) is 107 Å². The van der Waals surface area contributed by atoms with Gasteiger partial charge in [-0.15, -0.1) is 0 Å². The Hall–Kier alpha value is -2.87. The van der Waals surface area contributed by atoms with Crippen molar-refractivity contribution in [1.82, 2.24) is 19.7 Å². The van der Waals surface area contributed by atoms with Crippen molar-refractivity contribution in [2.24, 2.45) is 11.7 Å². The molecule has 1 unspecified atom stereocenters. The molecule has 36 heavy (non-hydrogen) atoms. The molecule has 3 fully saturated rings. The Bertz CT molecular complexity index is 1130. The van der Waals surface area contributed by atoms with Crippen LogP contribution in [0.15, 0.2) is 24.3 Å². The van der Waals surface area contributed by atoms with E-state index in [0.29, 0.717) is 6.54 Å². The van der Waals surface area contributed by atoms with Gasteiger partial charge < -0.3 is 25.4 Å². The number of rotatable bonds is 7. The van der Waals surface area contributed by atoms with Gasteiger partial charge >= 0.3 is 0 Å². The number of hydrogen-bond donors (Lipinski definition) is 3. The summed E-state index contributed by atoms with van der Waals surface area (Å²) in [6.45, 7) is 6.22. The van der Waals surface area contributed by atoms with Crippen molar-refractivity contribution in [2.45, 2.75) is 76.9 Å². The first-order valence-corrected chi connectivity index (χ1v) is 13.8. The summed E-state index contributed by atoms with van der Waals surface area (Å²) in [4.78, 5) is 30.9. The number of carbonyl (C=O) groups excluding carboxylic acids is 2. The number of benzene rings is 1. The van der Waals surface area contributed by atoms with Crippen molar-refractivity contribution in [1.29, 1.82) is 5.41 Å². The first-order valence-electron chi connectivity index (χ1n) is 13.8. The zero-order chi connectivity index (χ0) is 25.2. The summed E-state index contributed by atoms with van der Waals surface area (Å²) < 4.78 is 2.30. The van der Waals surface area contributed by atoms with E-state index in [9.17, 15) is 9.59 Å². The predicted octanol–water partition coefficient (Wildman–Crippen LogP) is 2.86. The first-order chi connectivity index (χ1) is 17.5. The van der Waals surface area contributed by atoms with Crippen LogP contribution in [0.4, 0.5) is 0 Å². The molecule has 0 aliphatic carbocycles. The highest BCUT2D eigenvalue weighted by atomic mass is 16.2. The summed E-state index contributed by atoms with van der Waals surface area (Å²) in [5.74, 6) is 0.433. The van der Waals surface area contributed by atoms with E-state index in [1.54, 1.807) is 0 Å². The monoisotopic (exact) mass is 492 g/mol. The highest BCUT2D eigenvalue weighted by Gasteiger charge is 2.41. The van der Waals surface area contributed by atoms with E-state index in [-0.39, 0.29) is 35.7 Å². The highest BCUT2D eigenvalue weighted by Crippen LogP contribution is 2.30. The SMILES string of the molecule is CCn1c(CC[C@@H]2CCCN2C(=O)[C@H]2CCCN2C(=O)C2CCCNC2)cc2ccc(C(=N)N)cc21. The average molecular weight is 493 g/mol. The number of nitrogens with zero attached hydrogens (tertiary/aromatic N) is 3. The minimum atomic E-state index is -0.285. The van der Waals surface area contributed by atoms with Gasteiger partial charge in [0.1, 0.15) is 11.9 Å². The number of aromatic nitrogens is 1. The van der Waals surface area contributed by atoms with Gasteiger partial charge in [0.15, 0.2) is 0 Å². The molecule has 3 saturated heterocycles. The van der Waals surface area contributed by atoms with Crippen LogP contribution in [0, 0.1) is 11.3 Å². The molecule has 0 radical (unpaired) electrons. The lowest BCUT2D eigenvalue weighted by molar-refractivity contribution is -0.146. The molecular formula is C28H40N6O2. The number of nitrogens with two attached hydrogens (primary N) is 1. The fraction of sp³-hybridized carbons (Fsp3) is 0.607. The Labute approximate surface area is 213 Å². The third kappa shape index (κ3) is 4.75. The van der Waals surface area contributed by atoms with E-state index < -0.39 is 0 Å². The van der Waals surface area contributed by atoms with Gasteiger partial charge in [0.25, 0.3) is 0 Å². The maximum absolute atomic E-state index is 13.7. The molecule has 0 bridgehead atoms. The lowest BCUT2D eigenvalue weighted by atomic mass is 9.97. The van der Waals surface area contributed by atoms with Gasteiger partial charge in [0, 0.05) is 49.0 Å². The van der Waals surface area contributed by atoms with Crippen molar-refractivity contribution < 1.29 is 9.59 Å². The van der Waals surface area contributed by atoms with Crippen LogP contribution in [0.5, 0.6) is 0 Å². The summed E-state index contributed by atoms with van der Waals surface area (Å²) in [5.41, 5.74) is 8.83. The number of amides is 2. The minimum Gasteiger partial charge on any atom is -0.384 e. The molecule has 8 heteroatoms. The van der Waals surface area contributed by atoms with Crippen molar-refractivity contribution in [2.75, 3.05) is 26.2 Å². The Morgan fingerprint density at radius 3 is 2.61 bits per heavy atom. The van der Waals surface area contributed by atoms with Crippen LogP contribution in [0.2, 0.25) is 0 Å². The van der Waals surface area contributed by atoms with Crippen LogP contribution in [0.1, 0.15) is 63.1 Å². The molecule has 1 aromatic heterocycles. The van der Waals surface area contributed by atoms with Gasteiger partial charge in [0.2, 0.25) is 11.8 Å². The van der Waals surface area contributed by atoms with E-state index in [0.717, 1.165) is 94.0 Å². The smallest absolute Gasteiger partial charge is 0.245 e. The van der Waals surface area contributed by atoms with E-state index in [1.165, 1.54) is 5.69 Å². The number of carbonyl (C=O) groups is 2. The molecule has 2 amide bonds. The lowest BCUT2D eigenvalue weighted by Gasteiger charge is -2.34. The van der Waals surface area contributed by atoms with Crippen LogP contribution < -0.4 is 11.1 Å². The minimum absolute atomic E-state index is 0.0148. The molecule has 5 rings (SSSR count). The molecule has 3 atom stereocenters. The molecule has 0 spiro atoms. The van der Waals surface area contributed by atoms with Crippen LogP contribution in [0.25, 0.3) is 10.9 Å². The summed E-state index contributed by atoms with van der Waals surface area (Å²) >= 11 is 0. The summed E-state index contributed by atoms with van der Waals surface area (Å²) in [6.07, 6.45) is 7.54. The van der Waals surface area contributed by atoms with Crippen molar-refractivity contribution in [3.8, 4) is 0 Å². The van der Waals surface area contributed by atoms with Crippen molar-refractivity contribution >= 4 is 28.6 Å². The highest BCUT2D eigenvalue weighted by molar-refractivity contribution is 5.98. The van der Waals surface area contributed by atoms with Gasteiger partial charge in [-0.2, -0.15) is 0 Å². The maximum atomic E-state index is 13.7. The van der Waals surface area contributed by atoms with Crippen LogP contribution >= 0.6 is 0 Å². The number of nitrogens with one attached hydrogen (secondary N) is 2. The van der Waals surface area contributed by atoms with Gasteiger partial charge in [-0.1, -0.05) is 12.1 Å². The third-order valence-electron chi connectivity index (χ3n) is 8.48. The average Bonchev–Trinajstić information content (AvgIpc) is 3.64. The molecule has 8 nitrogen and oxygen atoms in total. The largest absolute Gasteiger partial charge is 0.384 e. The van der Waals surface area contributed by atoms with E-state index in [2.05, 4.69) is 27.8 Å². The Morgan fingerprint density at radius 2 is 1.86 bits per heavy atom. The number of nitrogen functional groups attached to an aromatic ring is 1. The second-order valence-electron chi connectivity index (χ2n) is 10.7. The standard InChI is InChI=1S/C28H40N6O2/c1-2-32-23(16-19-9-10-20(26(29)30)17-25(19)32)12-11-22-7-4-14-33(22)28(36)24-8-5-15-34(24)27(35)21-6-3-13-31-18-21/h9-10,16-17,21-22,24,31H,2-8,11-15,18H2,1H3,(H3,29,30)/t21?,22-,24+/m0/s1. The quantitative estimate of drug-likeness (QED) is 0.408. The number of aryl methyl sites for hydroxylation is 2. The number of amidine groups is 1. The summed E-state index contributed by atoms with van der Waals surface area (Å²) in [7, 11) is 0. The molecule has 1 aromatic carbocycles. The van der Waals surface area contributed by atoms with Crippen LogP contribution in [0.3, 0.4) is 0 Å². The summed E-state index contributed by atoms with van der Waals surface area (Å²) in [5, 5.41) is 12.3. The van der Waals surface area contributed by atoms with E-state index in [1.807, 2.05) is 23.1 Å². The van der Waals surface area contributed by atoms with E-state index >= 15 is 0 Å².